The van der Waals surface area contributed by atoms with Crippen molar-refractivity contribution < 1.29 is 18.0 Å². The summed E-state index contributed by atoms with van der Waals surface area (Å²) in [4.78, 5) is 11.8. The Kier molecular flexibility index (Phi) is 4.94. The van der Waals surface area contributed by atoms with Crippen molar-refractivity contribution in [2.24, 2.45) is 11.7 Å². The molecule has 106 valence electrons. The van der Waals surface area contributed by atoms with Crippen LogP contribution in [0.4, 0.5) is 18.9 Å². The molecule has 0 radical (unpaired) electrons. The van der Waals surface area contributed by atoms with Gasteiger partial charge in [0.2, 0.25) is 5.91 Å². The van der Waals surface area contributed by atoms with Crippen LogP contribution < -0.4 is 11.1 Å². The molecule has 6 heteroatoms. The molecule has 0 aliphatic carbocycles. The van der Waals surface area contributed by atoms with E-state index in [9.17, 15) is 18.0 Å². The molecule has 0 saturated carbocycles. The zero-order chi connectivity index (χ0) is 14.6. The first-order valence-electron chi connectivity index (χ1n) is 6.00. The van der Waals surface area contributed by atoms with E-state index in [2.05, 4.69) is 5.32 Å². The highest BCUT2D eigenvalue weighted by Crippen LogP contribution is 2.34. The fourth-order valence-corrected chi connectivity index (χ4v) is 1.57. The van der Waals surface area contributed by atoms with Gasteiger partial charge in [-0.15, -0.1) is 0 Å². The van der Waals surface area contributed by atoms with E-state index in [1.54, 1.807) is 6.92 Å². The molecule has 0 saturated heterocycles. The number of nitrogens with two attached hydrogens (primary N) is 1. The highest BCUT2D eigenvalue weighted by atomic mass is 19.4. The lowest BCUT2D eigenvalue weighted by Crippen LogP contribution is -2.40. The van der Waals surface area contributed by atoms with E-state index in [1.165, 1.54) is 18.2 Å². The van der Waals surface area contributed by atoms with Crippen LogP contribution in [0.5, 0.6) is 0 Å². The predicted octanol–water partition coefficient (Wildman–Crippen LogP) is 3.02. The molecular weight excluding hydrogens is 257 g/mol. The smallest absolute Gasteiger partial charge is 0.324 e. The van der Waals surface area contributed by atoms with Crippen molar-refractivity contribution in [1.29, 1.82) is 0 Å². The molecule has 0 heterocycles. The standard InChI is InChI=1S/C13H17F3N2O/c1-3-8(2)11(17)12(19)18-10-7-5-4-6-9(10)13(14,15)16/h4-8,11H,3,17H2,1-2H3,(H,18,19)/t8-,11-/m0/s1. The lowest BCUT2D eigenvalue weighted by molar-refractivity contribution is -0.137. The van der Waals surface area contributed by atoms with E-state index in [1.807, 2.05) is 6.92 Å². The zero-order valence-electron chi connectivity index (χ0n) is 10.8. The van der Waals surface area contributed by atoms with Crippen LogP contribution in [0.2, 0.25) is 0 Å². The van der Waals surface area contributed by atoms with E-state index < -0.39 is 23.7 Å². The molecule has 0 aromatic heterocycles. The number of alkyl halides is 3. The Morgan fingerprint density at radius 3 is 2.47 bits per heavy atom. The number of hydrogen-bond donors (Lipinski definition) is 2. The SMILES string of the molecule is CC[C@H](C)[C@H](N)C(=O)Nc1ccccc1C(F)(F)F. The van der Waals surface area contributed by atoms with E-state index in [4.69, 9.17) is 5.73 Å². The first kappa shape index (κ1) is 15.5. The van der Waals surface area contributed by atoms with Crippen molar-refractivity contribution in [2.75, 3.05) is 5.32 Å². The summed E-state index contributed by atoms with van der Waals surface area (Å²) in [6, 6.07) is 4.01. The Morgan fingerprint density at radius 1 is 1.37 bits per heavy atom. The number of halogens is 3. The van der Waals surface area contributed by atoms with Gasteiger partial charge in [-0.25, -0.2) is 0 Å². The summed E-state index contributed by atoms with van der Waals surface area (Å²) >= 11 is 0. The summed E-state index contributed by atoms with van der Waals surface area (Å²) in [5.41, 5.74) is 4.54. The lowest BCUT2D eigenvalue weighted by atomic mass is 9.99. The molecule has 1 aromatic rings. The van der Waals surface area contributed by atoms with Crippen LogP contribution in [0.3, 0.4) is 0 Å². The van der Waals surface area contributed by atoms with Gasteiger partial charge in [0.05, 0.1) is 17.3 Å². The number of carbonyl (C=O) groups is 1. The monoisotopic (exact) mass is 274 g/mol. The van der Waals surface area contributed by atoms with Gasteiger partial charge in [0.25, 0.3) is 0 Å². The summed E-state index contributed by atoms with van der Waals surface area (Å²) in [5.74, 6) is -0.705. The maximum Gasteiger partial charge on any atom is 0.418 e. The van der Waals surface area contributed by atoms with Crippen LogP contribution in [0, 0.1) is 5.92 Å². The lowest BCUT2D eigenvalue weighted by Gasteiger charge is -2.19. The molecule has 0 aliphatic heterocycles. The van der Waals surface area contributed by atoms with Crippen LogP contribution in [0.15, 0.2) is 24.3 Å². The fraction of sp³-hybridized carbons (Fsp3) is 0.462. The minimum atomic E-state index is -4.51. The predicted molar refractivity (Wildman–Crippen MR) is 67.5 cm³/mol. The molecule has 0 bridgehead atoms. The van der Waals surface area contributed by atoms with Crippen molar-refractivity contribution in [2.45, 2.75) is 32.5 Å². The third-order valence-electron chi connectivity index (χ3n) is 3.05. The van der Waals surface area contributed by atoms with Crippen molar-refractivity contribution in [1.82, 2.24) is 0 Å². The number of carbonyl (C=O) groups excluding carboxylic acids is 1. The van der Waals surface area contributed by atoms with E-state index in [-0.39, 0.29) is 11.6 Å². The number of nitrogens with one attached hydrogen (secondary N) is 1. The Balaban J connectivity index is 2.92. The van der Waals surface area contributed by atoms with Gasteiger partial charge in [0, 0.05) is 0 Å². The first-order valence-corrected chi connectivity index (χ1v) is 6.00. The average Bonchev–Trinajstić information content (AvgIpc) is 2.36. The number of hydrogen-bond acceptors (Lipinski definition) is 2. The van der Waals surface area contributed by atoms with Crippen LogP contribution >= 0.6 is 0 Å². The largest absolute Gasteiger partial charge is 0.418 e. The maximum absolute atomic E-state index is 12.7. The van der Waals surface area contributed by atoms with Crippen LogP contribution in [-0.4, -0.2) is 11.9 Å². The van der Waals surface area contributed by atoms with E-state index in [0.29, 0.717) is 6.42 Å². The van der Waals surface area contributed by atoms with Crippen LogP contribution in [0.1, 0.15) is 25.8 Å². The highest BCUT2D eigenvalue weighted by molar-refractivity contribution is 5.95. The molecule has 19 heavy (non-hydrogen) atoms. The number of benzene rings is 1. The summed E-state index contributed by atoms with van der Waals surface area (Å²) < 4.78 is 38.2. The van der Waals surface area contributed by atoms with Gasteiger partial charge >= 0.3 is 6.18 Å². The first-order chi connectivity index (χ1) is 8.77. The highest BCUT2D eigenvalue weighted by Gasteiger charge is 2.34. The molecule has 1 rings (SSSR count). The normalized spacial score (nSPS) is 14.8. The molecule has 3 N–H and O–H groups in total. The van der Waals surface area contributed by atoms with Gasteiger partial charge in [-0.1, -0.05) is 32.4 Å². The second-order valence-corrected chi connectivity index (χ2v) is 4.44. The average molecular weight is 274 g/mol. The second-order valence-electron chi connectivity index (χ2n) is 4.44. The Hall–Kier alpha value is -1.56. The van der Waals surface area contributed by atoms with Crippen molar-refractivity contribution in [3.63, 3.8) is 0 Å². The van der Waals surface area contributed by atoms with E-state index >= 15 is 0 Å². The quantitative estimate of drug-likeness (QED) is 0.886. The van der Waals surface area contributed by atoms with Gasteiger partial charge in [0.15, 0.2) is 0 Å². The van der Waals surface area contributed by atoms with E-state index in [0.717, 1.165) is 6.07 Å². The van der Waals surface area contributed by atoms with Gasteiger partial charge in [-0.2, -0.15) is 13.2 Å². The molecule has 0 fully saturated rings. The minimum Gasteiger partial charge on any atom is -0.324 e. The molecule has 0 unspecified atom stereocenters. The molecular formula is C13H17F3N2O. The fourth-order valence-electron chi connectivity index (χ4n) is 1.57. The molecule has 0 spiro atoms. The van der Waals surface area contributed by atoms with Gasteiger partial charge in [-0.05, 0) is 18.1 Å². The molecule has 2 atom stereocenters. The summed E-state index contributed by atoms with van der Waals surface area (Å²) in [7, 11) is 0. The summed E-state index contributed by atoms with van der Waals surface area (Å²) in [6.07, 6.45) is -3.83. The van der Waals surface area contributed by atoms with Crippen molar-refractivity contribution >= 4 is 11.6 Å². The van der Waals surface area contributed by atoms with Crippen molar-refractivity contribution in [3.8, 4) is 0 Å². The molecule has 0 aliphatic rings. The Labute approximate surface area is 110 Å². The molecule has 1 amide bonds. The maximum atomic E-state index is 12.7. The Bertz CT molecular complexity index is 446. The van der Waals surface area contributed by atoms with Gasteiger partial charge in [0.1, 0.15) is 0 Å². The Morgan fingerprint density at radius 2 is 1.95 bits per heavy atom. The minimum absolute atomic E-state index is 0.0990. The third kappa shape index (κ3) is 3.96. The van der Waals surface area contributed by atoms with Crippen LogP contribution in [-0.2, 0) is 11.0 Å². The summed E-state index contributed by atoms with van der Waals surface area (Å²) in [5, 5.41) is 2.25. The van der Waals surface area contributed by atoms with Gasteiger partial charge < -0.3 is 11.1 Å². The number of rotatable bonds is 4. The summed E-state index contributed by atoms with van der Waals surface area (Å²) in [6.45, 7) is 3.64. The molecule has 3 nitrogen and oxygen atoms in total. The molecule has 1 aromatic carbocycles. The number of anilines is 1. The topological polar surface area (TPSA) is 55.1 Å². The van der Waals surface area contributed by atoms with Crippen LogP contribution in [0.25, 0.3) is 0 Å². The third-order valence-corrected chi connectivity index (χ3v) is 3.05. The van der Waals surface area contributed by atoms with Crippen molar-refractivity contribution in [3.05, 3.63) is 29.8 Å². The number of para-hydroxylation sites is 1. The second kappa shape index (κ2) is 6.06. The number of amides is 1. The van der Waals surface area contributed by atoms with Gasteiger partial charge in [-0.3, -0.25) is 4.79 Å². The zero-order valence-corrected chi connectivity index (χ0v) is 10.8.